The standard InChI is InChI=1S/C30H63NO4S/c1-4-6-7-8-9-10-11-12-13-14-15-16-17-18-19-20-21-22-23-24-25-26-27-31(3,5-2)28-30(32)29-36(33,34)35/h30,32H,4-29H2,1-3H3/p+1. The molecule has 0 amide bonds. The molecule has 5 nitrogen and oxygen atoms in total. The Kier molecular flexibility index (Phi) is 23.8. The molecule has 0 rings (SSSR count). The molecule has 0 heterocycles. The predicted molar refractivity (Wildman–Crippen MR) is 156 cm³/mol. The van der Waals surface area contributed by atoms with Gasteiger partial charge in [0.25, 0.3) is 10.1 Å². The zero-order valence-electron chi connectivity index (χ0n) is 24.5. The van der Waals surface area contributed by atoms with E-state index in [1.807, 2.05) is 0 Å². The number of hydrogen-bond donors (Lipinski definition) is 2. The smallest absolute Gasteiger partial charge is 0.267 e. The van der Waals surface area contributed by atoms with E-state index in [2.05, 4.69) is 20.9 Å². The summed E-state index contributed by atoms with van der Waals surface area (Å²) in [5, 5.41) is 9.97. The van der Waals surface area contributed by atoms with Crippen molar-refractivity contribution in [3.05, 3.63) is 0 Å². The van der Waals surface area contributed by atoms with Crippen LogP contribution in [0.3, 0.4) is 0 Å². The fourth-order valence-corrected chi connectivity index (χ4v) is 5.88. The van der Waals surface area contributed by atoms with Gasteiger partial charge in [0.2, 0.25) is 0 Å². The minimum absolute atomic E-state index is 0.371. The molecular formula is C30H64NO4S+. The first-order valence-electron chi connectivity index (χ1n) is 15.7. The molecule has 0 aromatic heterocycles. The second-order valence-electron chi connectivity index (χ2n) is 11.7. The molecule has 2 unspecified atom stereocenters. The molecule has 36 heavy (non-hydrogen) atoms. The molecular weight excluding hydrogens is 470 g/mol. The van der Waals surface area contributed by atoms with Gasteiger partial charge in [0.05, 0.1) is 20.1 Å². The summed E-state index contributed by atoms with van der Waals surface area (Å²) in [5.74, 6) is -0.569. The molecule has 0 aliphatic rings. The lowest BCUT2D eigenvalue weighted by Gasteiger charge is -2.35. The summed E-state index contributed by atoms with van der Waals surface area (Å²) >= 11 is 0. The number of unbranched alkanes of at least 4 members (excludes halogenated alkanes) is 21. The van der Waals surface area contributed by atoms with E-state index in [-0.39, 0.29) is 0 Å². The Morgan fingerprint density at radius 3 is 1.17 bits per heavy atom. The molecule has 0 aliphatic heterocycles. The maximum Gasteiger partial charge on any atom is 0.267 e. The second kappa shape index (κ2) is 23.9. The van der Waals surface area contributed by atoms with Crippen LogP contribution in [0.1, 0.15) is 155 Å². The molecule has 0 fully saturated rings. The largest absolute Gasteiger partial charge is 0.386 e. The van der Waals surface area contributed by atoms with Gasteiger partial charge >= 0.3 is 0 Å². The summed E-state index contributed by atoms with van der Waals surface area (Å²) < 4.78 is 31.5. The van der Waals surface area contributed by atoms with Gasteiger partial charge in [0, 0.05) is 0 Å². The van der Waals surface area contributed by atoms with E-state index in [4.69, 9.17) is 4.55 Å². The third-order valence-electron chi connectivity index (χ3n) is 7.87. The topological polar surface area (TPSA) is 74.6 Å². The third kappa shape index (κ3) is 25.5. The highest BCUT2D eigenvalue weighted by atomic mass is 32.2. The summed E-state index contributed by atoms with van der Waals surface area (Å²) in [6.07, 6.45) is 29.4. The second-order valence-corrected chi connectivity index (χ2v) is 13.2. The van der Waals surface area contributed by atoms with E-state index in [1.165, 1.54) is 135 Å². The molecule has 0 aromatic carbocycles. The summed E-state index contributed by atoms with van der Waals surface area (Å²) in [5.41, 5.74) is 0. The number of rotatable bonds is 28. The Morgan fingerprint density at radius 1 is 0.583 bits per heavy atom. The predicted octanol–water partition coefficient (Wildman–Crippen LogP) is 8.30. The van der Waals surface area contributed by atoms with Crippen LogP contribution in [0.5, 0.6) is 0 Å². The van der Waals surface area contributed by atoms with E-state index < -0.39 is 22.0 Å². The van der Waals surface area contributed by atoms with Gasteiger partial charge in [-0.15, -0.1) is 0 Å². The van der Waals surface area contributed by atoms with Crippen molar-refractivity contribution in [2.24, 2.45) is 0 Å². The first kappa shape index (κ1) is 35.8. The normalized spacial score (nSPS) is 14.7. The average Bonchev–Trinajstić information content (AvgIpc) is 2.81. The molecule has 0 spiro atoms. The van der Waals surface area contributed by atoms with Crippen LogP contribution >= 0.6 is 0 Å². The maximum absolute atomic E-state index is 11.0. The molecule has 0 saturated heterocycles. The van der Waals surface area contributed by atoms with Crippen molar-refractivity contribution in [3.63, 3.8) is 0 Å². The lowest BCUT2D eigenvalue weighted by atomic mass is 10.0. The average molecular weight is 535 g/mol. The fourth-order valence-electron chi connectivity index (χ4n) is 5.29. The monoisotopic (exact) mass is 534 g/mol. The van der Waals surface area contributed by atoms with Gasteiger partial charge in [-0.1, -0.05) is 135 Å². The van der Waals surface area contributed by atoms with Crippen LogP contribution in [-0.2, 0) is 10.1 Å². The molecule has 218 valence electrons. The number of likely N-dealkylation sites (N-methyl/N-ethyl adjacent to an activating group) is 1. The van der Waals surface area contributed by atoms with Gasteiger partial charge in [-0.2, -0.15) is 8.42 Å². The first-order valence-corrected chi connectivity index (χ1v) is 17.3. The van der Waals surface area contributed by atoms with Crippen LogP contribution in [0.15, 0.2) is 0 Å². The van der Waals surface area contributed by atoms with Gasteiger partial charge in [-0.25, -0.2) is 0 Å². The quantitative estimate of drug-likeness (QED) is 0.0601. The molecule has 6 heteroatoms. The van der Waals surface area contributed by atoms with Crippen molar-refractivity contribution >= 4 is 10.1 Å². The molecule has 0 saturated carbocycles. The number of aliphatic hydroxyl groups is 1. The van der Waals surface area contributed by atoms with Crippen molar-refractivity contribution in [1.29, 1.82) is 0 Å². The van der Waals surface area contributed by atoms with E-state index in [0.717, 1.165) is 19.5 Å². The van der Waals surface area contributed by atoms with Crippen LogP contribution < -0.4 is 0 Å². The summed E-state index contributed by atoms with van der Waals surface area (Å²) in [4.78, 5) is 0. The summed E-state index contributed by atoms with van der Waals surface area (Å²) in [7, 11) is -2.06. The molecule has 0 aromatic rings. The number of aliphatic hydroxyl groups excluding tert-OH is 1. The fraction of sp³-hybridized carbons (Fsp3) is 1.00. The SMILES string of the molecule is CCCCCCCCCCCCCCCCCCCCCCCC[N+](C)(CC)CC(O)CS(=O)(=O)O. The minimum Gasteiger partial charge on any atom is -0.386 e. The summed E-state index contributed by atoms with van der Waals surface area (Å²) in [6, 6.07) is 0. The van der Waals surface area contributed by atoms with Crippen LogP contribution in [0.25, 0.3) is 0 Å². The van der Waals surface area contributed by atoms with Crippen LogP contribution in [0, 0.1) is 0 Å². The van der Waals surface area contributed by atoms with Crippen molar-refractivity contribution < 1.29 is 22.6 Å². The van der Waals surface area contributed by atoms with E-state index in [9.17, 15) is 13.5 Å². The van der Waals surface area contributed by atoms with Crippen molar-refractivity contribution in [3.8, 4) is 0 Å². The molecule has 0 radical (unpaired) electrons. The van der Waals surface area contributed by atoms with Crippen molar-refractivity contribution in [2.45, 2.75) is 161 Å². The zero-order chi connectivity index (χ0) is 27.0. The van der Waals surface area contributed by atoms with Crippen molar-refractivity contribution in [1.82, 2.24) is 0 Å². The van der Waals surface area contributed by atoms with Gasteiger partial charge in [0.15, 0.2) is 0 Å². The highest BCUT2D eigenvalue weighted by Crippen LogP contribution is 2.16. The van der Waals surface area contributed by atoms with Crippen molar-refractivity contribution in [2.75, 3.05) is 32.4 Å². The molecule has 2 atom stereocenters. The van der Waals surface area contributed by atoms with Gasteiger partial charge in [0.1, 0.15) is 18.4 Å². The lowest BCUT2D eigenvalue weighted by Crippen LogP contribution is -2.50. The maximum atomic E-state index is 11.0. The van der Waals surface area contributed by atoms with Crippen LogP contribution in [0.2, 0.25) is 0 Å². The number of hydrogen-bond acceptors (Lipinski definition) is 3. The molecule has 0 aliphatic carbocycles. The van der Waals surface area contributed by atoms with E-state index in [0.29, 0.717) is 11.0 Å². The highest BCUT2D eigenvalue weighted by molar-refractivity contribution is 7.85. The Morgan fingerprint density at radius 2 is 0.889 bits per heavy atom. The van der Waals surface area contributed by atoms with E-state index >= 15 is 0 Å². The third-order valence-corrected chi connectivity index (χ3v) is 8.68. The van der Waals surface area contributed by atoms with Gasteiger partial charge in [-0.3, -0.25) is 4.55 Å². The Bertz CT molecular complexity index is 569. The minimum atomic E-state index is -4.12. The Hall–Kier alpha value is -0.170. The molecule has 0 bridgehead atoms. The first-order chi connectivity index (χ1) is 17.2. The zero-order valence-corrected chi connectivity index (χ0v) is 25.3. The summed E-state index contributed by atoms with van der Waals surface area (Å²) in [6.45, 7) is 6.52. The number of nitrogens with zero attached hydrogens (tertiary/aromatic N) is 1. The number of quaternary nitrogens is 1. The van der Waals surface area contributed by atoms with Gasteiger partial charge in [-0.05, 0) is 19.8 Å². The van der Waals surface area contributed by atoms with Crippen LogP contribution in [-0.4, -0.2) is 61.1 Å². The van der Waals surface area contributed by atoms with E-state index in [1.54, 1.807) is 0 Å². The molecule has 2 N–H and O–H groups in total. The lowest BCUT2D eigenvalue weighted by molar-refractivity contribution is -0.910. The Balaban J connectivity index is 3.40. The van der Waals surface area contributed by atoms with Crippen LogP contribution in [0.4, 0.5) is 0 Å². The Labute approximate surface area is 226 Å². The highest BCUT2D eigenvalue weighted by Gasteiger charge is 2.26. The van der Waals surface area contributed by atoms with Gasteiger partial charge < -0.3 is 9.59 Å².